The van der Waals surface area contributed by atoms with Crippen molar-refractivity contribution < 1.29 is 14.6 Å². The summed E-state index contributed by atoms with van der Waals surface area (Å²) in [6.07, 6.45) is 6.23. The molecule has 6 nitrogen and oxygen atoms in total. The van der Waals surface area contributed by atoms with Crippen molar-refractivity contribution in [2.75, 3.05) is 6.61 Å². The van der Waals surface area contributed by atoms with Gasteiger partial charge in [-0.3, -0.25) is 4.68 Å². The van der Waals surface area contributed by atoms with E-state index in [4.69, 9.17) is 9.47 Å². The molecule has 0 radical (unpaired) electrons. The number of hydrogen-bond acceptors (Lipinski definition) is 5. The van der Waals surface area contributed by atoms with Crippen molar-refractivity contribution in [2.24, 2.45) is 0 Å². The molecule has 1 aromatic heterocycles. The molecule has 3 fully saturated rings. The van der Waals surface area contributed by atoms with Crippen molar-refractivity contribution in [3.8, 4) is 0 Å². The molecule has 3 heterocycles. The second kappa shape index (κ2) is 4.56. The standard InChI is InChI=1S/C13H19N3O3/c17-12-10(15-8-3-1-4-8)9-7-18-13(19-9)11(12)16-6-2-5-14-16/h2,5-6,8-13,15,17H,1,3-4,7H2. The predicted octanol–water partition coefficient (Wildman–Crippen LogP) is 0.0509. The van der Waals surface area contributed by atoms with Gasteiger partial charge in [0, 0.05) is 18.4 Å². The summed E-state index contributed by atoms with van der Waals surface area (Å²) in [6.45, 7) is 0.546. The van der Waals surface area contributed by atoms with Crippen LogP contribution in [0.4, 0.5) is 0 Å². The molecule has 2 saturated heterocycles. The van der Waals surface area contributed by atoms with Crippen LogP contribution < -0.4 is 5.32 Å². The zero-order valence-corrected chi connectivity index (χ0v) is 10.7. The summed E-state index contributed by atoms with van der Waals surface area (Å²) in [5.74, 6) is 0. The highest BCUT2D eigenvalue weighted by Gasteiger charge is 2.51. The summed E-state index contributed by atoms with van der Waals surface area (Å²) in [5.41, 5.74) is 0. The third-order valence-corrected chi connectivity index (χ3v) is 4.49. The quantitative estimate of drug-likeness (QED) is 0.808. The molecule has 19 heavy (non-hydrogen) atoms. The number of aliphatic hydroxyl groups excluding tert-OH is 1. The largest absolute Gasteiger partial charge is 0.389 e. The van der Waals surface area contributed by atoms with Crippen LogP contribution in [0.3, 0.4) is 0 Å². The van der Waals surface area contributed by atoms with Gasteiger partial charge in [0.2, 0.25) is 0 Å². The zero-order chi connectivity index (χ0) is 12.8. The van der Waals surface area contributed by atoms with Crippen molar-refractivity contribution in [1.82, 2.24) is 15.1 Å². The Bertz CT molecular complexity index is 434. The van der Waals surface area contributed by atoms with Crippen LogP contribution in [-0.2, 0) is 9.47 Å². The minimum atomic E-state index is -0.535. The molecule has 0 aromatic carbocycles. The van der Waals surface area contributed by atoms with Crippen LogP contribution in [0.1, 0.15) is 25.3 Å². The van der Waals surface area contributed by atoms with E-state index < -0.39 is 6.10 Å². The number of aliphatic hydroxyl groups is 1. The maximum atomic E-state index is 10.7. The molecule has 2 aliphatic heterocycles. The van der Waals surface area contributed by atoms with Crippen LogP contribution >= 0.6 is 0 Å². The van der Waals surface area contributed by atoms with Gasteiger partial charge in [-0.2, -0.15) is 5.10 Å². The Labute approximate surface area is 111 Å². The molecule has 2 bridgehead atoms. The minimum absolute atomic E-state index is 0.0487. The summed E-state index contributed by atoms with van der Waals surface area (Å²) in [5, 5.41) is 18.4. The van der Waals surface area contributed by atoms with E-state index in [1.807, 2.05) is 12.3 Å². The van der Waals surface area contributed by atoms with Crippen LogP contribution in [0.25, 0.3) is 0 Å². The van der Waals surface area contributed by atoms with Gasteiger partial charge in [-0.05, 0) is 18.9 Å². The second-order valence-electron chi connectivity index (χ2n) is 5.66. The maximum absolute atomic E-state index is 10.7. The average Bonchev–Trinajstić information content (AvgIpc) is 2.98. The van der Waals surface area contributed by atoms with Crippen LogP contribution in [0, 0.1) is 0 Å². The van der Waals surface area contributed by atoms with E-state index in [1.165, 1.54) is 19.3 Å². The number of aromatic nitrogens is 2. The third kappa shape index (κ3) is 1.90. The van der Waals surface area contributed by atoms with Crippen molar-refractivity contribution in [3.63, 3.8) is 0 Å². The average molecular weight is 265 g/mol. The number of hydrogen-bond donors (Lipinski definition) is 2. The van der Waals surface area contributed by atoms with E-state index in [0.717, 1.165) is 0 Å². The number of rotatable bonds is 3. The highest BCUT2D eigenvalue weighted by molar-refractivity contribution is 5.02. The summed E-state index contributed by atoms with van der Waals surface area (Å²) in [7, 11) is 0. The molecule has 0 amide bonds. The fourth-order valence-electron chi connectivity index (χ4n) is 3.19. The zero-order valence-electron chi connectivity index (χ0n) is 10.7. The van der Waals surface area contributed by atoms with E-state index in [1.54, 1.807) is 10.9 Å². The summed E-state index contributed by atoms with van der Waals surface area (Å²) in [4.78, 5) is 0. The first-order chi connectivity index (χ1) is 9.33. The molecule has 2 N–H and O–H groups in total. The van der Waals surface area contributed by atoms with Crippen LogP contribution in [0.15, 0.2) is 18.5 Å². The lowest BCUT2D eigenvalue weighted by molar-refractivity contribution is -0.169. The van der Waals surface area contributed by atoms with Gasteiger partial charge in [-0.25, -0.2) is 0 Å². The first kappa shape index (κ1) is 11.8. The summed E-state index contributed by atoms with van der Waals surface area (Å²) in [6, 6.07) is 2.02. The molecule has 4 rings (SSSR count). The first-order valence-electron chi connectivity index (χ1n) is 7.03. The van der Waals surface area contributed by atoms with Crippen molar-refractivity contribution in [2.45, 2.75) is 55.9 Å². The van der Waals surface area contributed by atoms with Gasteiger partial charge in [-0.15, -0.1) is 0 Å². The van der Waals surface area contributed by atoms with E-state index >= 15 is 0 Å². The van der Waals surface area contributed by atoms with Crippen molar-refractivity contribution in [3.05, 3.63) is 18.5 Å². The Hall–Kier alpha value is -0.950. The number of ether oxygens (including phenoxy) is 2. The van der Waals surface area contributed by atoms with E-state index in [9.17, 15) is 5.11 Å². The lowest BCUT2D eigenvalue weighted by atomic mass is 9.89. The molecule has 5 unspecified atom stereocenters. The smallest absolute Gasteiger partial charge is 0.183 e. The van der Waals surface area contributed by atoms with Gasteiger partial charge < -0.3 is 19.9 Å². The third-order valence-electron chi connectivity index (χ3n) is 4.49. The Morgan fingerprint density at radius 2 is 2.26 bits per heavy atom. The molecular weight excluding hydrogens is 246 g/mol. The molecule has 1 aliphatic carbocycles. The molecular formula is C13H19N3O3. The predicted molar refractivity (Wildman–Crippen MR) is 66.4 cm³/mol. The molecule has 0 spiro atoms. The van der Waals surface area contributed by atoms with Crippen LogP contribution in [-0.4, -0.2) is 52.1 Å². The van der Waals surface area contributed by atoms with E-state index in [2.05, 4.69) is 10.4 Å². The normalized spacial score (nSPS) is 42.3. The molecule has 6 heteroatoms. The second-order valence-corrected chi connectivity index (χ2v) is 5.66. The first-order valence-corrected chi connectivity index (χ1v) is 7.03. The Balaban J connectivity index is 1.57. The van der Waals surface area contributed by atoms with Crippen LogP contribution in [0.5, 0.6) is 0 Å². The van der Waals surface area contributed by atoms with Gasteiger partial charge in [0.1, 0.15) is 12.1 Å². The lowest BCUT2D eigenvalue weighted by Gasteiger charge is -2.42. The van der Waals surface area contributed by atoms with E-state index in [-0.39, 0.29) is 24.5 Å². The van der Waals surface area contributed by atoms with Gasteiger partial charge >= 0.3 is 0 Å². The van der Waals surface area contributed by atoms with Crippen LogP contribution in [0.2, 0.25) is 0 Å². The Morgan fingerprint density at radius 1 is 1.37 bits per heavy atom. The fourth-order valence-corrected chi connectivity index (χ4v) is 3.19. The topological polar surface area (TPSA) is 68.5 Å². The lowest BCUT2D eigenvalue weighted by Crippen LogP contribution is -2.60. The Kier molecular flexibility index (Phi) is 2.84. The fraction of sp³-hybridized carbons (Fsp3) is 0.769. The van der Waals surface area contributed by atoms with Gasteiger partial charge in [0.15, 0.2) is 6.29 Å². The SMILES string of the molecule is OC1C(NC2CCC2)C2COC(O2)C1n1cccn1. The number of fused-ring (bicyclic) bond motifs is 2. The maximum Gasteiger partial charge on any atom is 0.183 e. The number of nitrogens with zero attached hydrogens (tertiary/aromatic N) is 2. The minimum Gasteiger partial charge on any atom is -0.389 e. The molecule has 3 aliphatic rings. The molecule has 5 atom stereocenters. The van der Waals surface area contributed by atoms with Gasteiger partial charge in [0.25, 0.3) is 0 Å². The summed E-state index contributed by atoms with van der Waals surface area (Å²) < 4.78 is 13.3. The van der Waals surface area contributed by atoms with E-state index in [0.29, 0.717) is 12.6 Å². The van der Waals surface area contributed by atoms with Crippen molar-refractivity contribution in [1.29, 1.82) is 0 Å². The molecule has 1 aromatic rings. The van der Waals surface area contributed by atoms with Gasteiger partial charge in [-0.1, -0.05) is 6.42 Å². The monoisotopic (exact) mass is 265 g/mol. The Morgan fingerprint density at radius 3 is 2.95 bits per heavy atom. The summed E-state index contributed by atoms with van der Waals surface area (Å²) >= 11 is 0. The van der Waals surface area contributed by atoms with Crippen molar-refractivity contribution >= 4 is 0 Å². The number of nitrogens with one attached hydrogen (secondary N) is 1. The highest BCUT2D eigenvalue weighted by Crippen LogP contribution is 2.36. The van der Waals surface area contributed by atoms with Gasteiger partial charge in [0.05, 0.1) is 18.8 Å². The molecule has 104 valence electrons. The highest BCUT2D eigenvalue weighted by atomic mass is 16.7. The molecule has 1 saturated carbocycles.